The first-order valence-corrected chi connectivity index (χ1v) is 5.64. The van der Waals surface area contributed by atoms with E-state index in [2.05, 4.69) is 20.6 Å². The highest BCUT2D eigenvalue weighted by Crippen LogP contribution is 2.02. The number of nitrogens with one attached hydrogen (secondary N) is 2. The topological polar surface area (TPSA) is 76.1 Å². The molecule has 17 heavy (non-hydrogen) atoms. The number of hydrogen-bond acceptors (Lipinski definition) is 4. The number of ether oxygens (including phenoxy) is 1. The zero-order valence-electron chi connectivity index (χ0n) is 9.77. The van der Waals surface area contributed by atoms with Crippen molar-refractivity contribution in [2.45, 2.75) is 25.9 Å². The van der Waals surface area contributed by atoms with Gasteiger partial charge in [-0.05, 0) is 19.4 Å². The molecule has 1 unspecified atom stereocenters. The Morgan fingerprint density at radius 3 is 3.24 bits per heavy atom. The van der Waals surface area contributed by atoms with Gasteiger partial charge < -0.3 is 15.4 Å². The van der Waals surface area contributed by atoms with E-state index in [1.54, 1.807) is 12.3 Å². The van der Waals surface area contributed by atoms with Gasteiger partial charge in [0.15, 0.2) is 0 Å². The summed E-state index contributed by atoms with van der Waals surface area (Å²) in [7, 11) is 0. The standard InChI is InChI=1S/C11H16N4O2/c1-8-12-4-2-9(14-8)6-13-11(16)15-10-3-5-17-7-10/h2,4,10H,3,5-7H2,1H3,(H2,13,15,16). The zero-order valence-corrected chi connectivity index (χ0v) is 9.77. The first kappa shape index (κ1) is 11.8. The van der Waals surface area contributed by atoms with E-state index in [0.29, 0.717) is 19.0 Å². The van der Waals surface area contributed by atoms with E-state index in [9.17, 15) is 4.79 Å². The molecule has 1 saturated heterocycles. The molecule has 6 heteroatoms. The van der Waals surface area contributed by atoms with E-state index in [4.69, 9.17) is 4.74 Å². The smallest absolute Gasteiger partial charge is 0.315 e. The van der Waals surface area contributed by atoms with Crippen LogP contribution in [0, 0.1) is 6.92 Å². The maximum absolute atomic E-state index is 11.5. The molecule has 0 bridgehead atoms. The van der Waals surface area contributed by atoms with Crippen LogP contribution in [0.3, 0.4) is 0 Å². The van der Waals surface area contributed by atoms with Gasteiger partial charge in [-0.3, -0.25) is 0 Å². The average Bonchev–Trinajstić information content (AvgIpc) is 2.79. The Bertz CT molecular complexity index is 391. The van der Waals surface area contributed by atoms with E-state index >= 15 is 0 Å². The zero-order chi connectivity index (χ0) is 12.1. The summed E-state index contributed by atoms with van der Waals surface area (Å²) in [4.78, 5) is 19.7. The van der Waals surface area contributed by atoms with Gasteiger partial charge in [-0.25, -0.2) is 14.8 Å². The molecule has 6 nitrogen and oxygen atoms in total. The van der Waals surface area contributed by atoms with Gasteiger partial charge in [-0.1, -0.05) is 0 Å². The van der Waals surface area contributed by atoms with Crippen LogP contribution in [0.25, 0.3) is 0 Å². The lowest BCUT2D eigenvalue weighted by Gasteiger charge is -2.11. The normalized spacial score (nSPS) is 19.0. The molecule has 0 saturated carbocycles. The van der Waals surface area contributed by atoms with Crippen molar-refractivity contribution in [1.82, 2.24) is 20.6 Å². The van der Waals surface area contributed by atoms with Crippen LogP contribution in [0.5, 0.6) is 0 Å². The van der Waals surface area contributed by atoms with Crippen LogP contribution in [0.4, 0.5) is 4.79 Å². The van der Waals surface area contributed by atoms with E-state index in [0.717, 1.165) is 18.7 Å². The summed E-state index contributed by atoms with van der Waals surface area (Å²) in [5.74, 6) is 0.703. The maximum Gasteiger partial charge on any atom is 0.315 e. The minimum absolute atomic E-state index is 0.127. The first-order valence-electron chi connectivity index (χ1n) is 5.64. The second kappa shape index (κ2) is 5.58. The molecule has 92 valence electrons. The van der Waals surface area contributed by atoms with Crippen molar-refractivity contribution in [2.75, 3.05) is 13.2 Å². The van der Waals surface area contributed by atoms with Gasteiger partial charge in [0, 0.05) is 12.8 Å². The van der Waals surface area contributed by atoms with Crippen molar-refractivity contribution >= 4 is 6.03 Å². The highest BCUT2D eigenvalue weighted by Gasteiger charge is 2.17. The first-order chi connectivity index (χ1) is 8.24. The van der Waals surface area contributed by atoms with E-state index < -0.39 is 0 Å². The quantitative estimate of drug-likeness (QED) is 0.795. The Labute approximate surface area is 99.8 Å². The number of carbonyl (C=O) groups is 1. The van der Waals surface area contributed by atoms with Crippen LogP contribution < -0.4 is 10.6 Å². The second-order valence-electron chi connectivity index (χ2n) is 3.98. The third-order valence-electron chi connectivity index (χ3n) is 2.53. The number of amides is 2. The molecule has 0 aromatic carbocycles. The van der Waals surface area contributed by atoms with Crippen molar-refractivity contribution in [2.24, 2.45) is 0 Å². The van der Waals surface area contributed by atoms with Crippen LogP contribution in [0.1, 0.15) is 17.9 Å². The SMILES string of the molecule is Cc1nccc(CNC(=O)NC2CCOC2)n1. The van der Waals surface area contributed by atoms with Gasteiger partial charge in [0.25, 0.3) is 0 Å². The summed E-state index contributed by atoms with van der Waals surface area (Å²) in [5, 5.41) is 5.60. The summed E-state index contributed by atoms with van der Waals surface area (Å²) < 4.78 is 5.17. The van der Waals surface area contributed by atoms with Gasteiger partial charge in [-0.15, -0.1) is 0 Å². The predicted octanol–water partition coefficient (Wildman–Crippen LogP) is 0.373. The Morgan fingerprint density at radius 1 is 1.65 bits per heavy atom. The molecular formula is C11H16N4O2. The van der Waals surface area contributed by atoms with Crippen molar-refractivity contribution in [3.63, 3.8) is 0 Å². The minimum Gasteiger partial charge on any atom is -0.379 e. The Kier molecular flexibility index (Phi) is 3.87. The van der Waals surface area contributed by atoms with Crippen molar-refractivity contribution in [3.8, 4) is 0 Å². The molecule has 2 amide bonds. The number of nitrogens with zero attached hydrogens (tertiary/aromatic N) is 2. The number of hydrogen-bond donors (Lipinski definition) is 2. The summed E-state index contributed by atoms with van der Waals surface area (Å²) in [5.41, 5.74) is 0.801. The van der Waals surface area contributed by atoms with Gasteiger partial charge in [0.1, 0.15) is 5.82 Å². The lowest BCUT2D eigenvalue weighted by molar-refractivity contribution is 0.188. The lowest BCUT2D eigenvalue weighted by Crippen LogP contribution is -2.42. The second-order valence-corrected chi connectivity index (χ2v) is 3.98. The number of aromatic nitrogens is 2. The third-order valence-corrected chi connectivity index (χ3v) is 2.53. The fourth-order valence-electron chi connectivity index (χ4n) is 1.66. The molecule has 1 aromatic rings. The molecule has 2 rings (SSSR count). The molecule has 2 N–H and O–H groups in total. The van der Waals surface area contributed by atoms with Gasteiger partial charge >= 0.3 is 6.03 Å². The van der Waals surface area contributed by atoms with Crippen LogP contribution >= 0.6 is 0 Å². The predicted molar refractivity (Wildman–Crippen MR) is 61.4 cm³/mol. The highest BCUT2D eigenvalue weighted by molar-refractivity contribution is 5.74. The van der Waals surface area contributed by atoms with Gasteiger partial charge in [0.2, 0.25) is 0 Å². The van der Waals surface area contributed by atoms with Crippen LogP contribution in [0.15, 0.2) is 12.3 Å². The minimum atomic E-state index is -0.184. The Morgan fingerprint density at radius 2 is 2.53 bits per heavy atom. The number of rotatable bonds is 3. The average molecular weight is 236 g/mol. The lowest BCUT2D eigenvalue weighted by atomic mass is 10.3. The van der Waals surface area contributed by atoms with Crippen LogP contribution in [-0.4, -0.2) is 35.3 Å². The molecule has 2 heterocycles. The van der Waals surface area contributed by atoms with Crippen LogP contribution in [0.2, 0.25) is 0 Å². The maximum atomic E-state index is 11.5. The monoisotopic (exact) mass is 236 g/mol. The molecule has 0 radical (unpaired) electrons. The summed E-state index contributed by atoms with van der Waals surface area (Å²) in [6.07, 6.45) is 2.56. The number of urea groups is 1. The van der Waals surface area contributed by atoms with Crippen molar-refractivity contribution in [3.05, 3.63) is 23.8 Å². The summed E-state index contributed by atoms with van der Waals surface area (Å²) in [6, 6.07) is 1.73. The van der Waals surface area contributed by atoms with Crippen LogP contribution in [-0.2, 0) is 11.3 Å². The Balaban J connectivity index is 1.75. The number of carbonyl (C=O) groups excluding carboxylic acids is 1. The highest BCUT2D eigenvalue weighted by atomic mass is 16.5. The van der Waals surface area contributed by atoms with E-state index in [-0.39, 0.29) is 12.1 Å². The fourth-order valence-corrected chi connectivity index (χ4v) is 1.66. The Hall–Kier alpha value is -1.69. The molecule has 1 aliphatic rings. The molecule has 0 aliphatic carbocycles. The molecule has 1 atom stereocenters. The largest absolute Gasteiger partial charge is 0.379 e. The molecule has 1 fully saturated rings. The molecular weight excluding hydrogens is 220 g/mol. The van der Waals surface area contributed by atoms with Crippen molar-refractivity contribution in [1.29, 1.82) is 0 Å². The van der Waals surface area contributed by atoms with Gasteiger partial charge in [0.05, 0.1) is 24.9 Å². The number of aryl methyl sites for hydroxylation is 1. The summed E-state index contributed by atoms with van der Waals surface area (Å²) in [6.45, 7) is 3.54. The fraction of sp³-hybridized carbons (Fsp3) is 0.545. The van der Waals surface area contributed by atoms with E-state index in [1.807, 2.05) is 6.92 Å². The molecule has 1 aromatic heterocycles. The molecule has 0 spiro atoms. The van der Waals surface area contributed by atoms with E-state index in [1.165, 1.54) is 0 Å². The molecule has 1 aliphatic heterocycles. The van der Waals surface area contributed by atoms with Crippen molar-refractivity contribution < 1.29 is 9.53 Å². The van der Waals surface area contributed by atoms with Gasteiger partial charge in [-0.2, -0.15) is 0 Å². The summed E-state index contributed by atoms with van der Waals surface area (Å²) >= 11 is 0. The third kappa shape index (κ3) is 3.67.